The zero-order valence-electron chi connectivity index (χ0n) is 11.6. The van der Waals surface area contributed by atoms with Gasteiger partial charge in [-0.25, -0.2) is 0 Å². The number of nitrogens with zero attached hydrogens (tertiary/aromatic N) is 1. The maximum absolute atomic E-state index is 3.70. The summed E-state index contributed by atoms with van der Waals surface area (Å²) in [6.07, 6.45) is 4.07. The van der Waals surface area contributed by atoms with Crippen LogP contribution < -0.4 is 5.32 Å². The summed E-state index contributed by atoms with van der Waals surface area (Å²) >= 11 is 0. The number of hydrogen-bond donors (Lipinski definition) is 1. The van der Waals surface area contributed by atoms with Crippen LogP contribution in [0.25, 0.3) is 0 Å². The molecule has 0 amide bonds. The van der Waals surface area contributed by atoms with E-state index in [-0.39, 0.29) is 0 Å². The minimum absolute atomic E-state index is 0.684. The van der Waals surface area contributed by atoms with E-state index in [4.69, 9.17) is 0 Å². The Hall–Kier alpha value is -0.0800. The Morgan fingerprint density at radius 2 is 1.81 bits per heavy atom. The van der Waals surface area contributed by atoms with Crippen LogP contribution in [0.3, 0.4) is 0 Å². The molecule has 0 aromatic rings. The lowest BCUT2D eigenvalue weighted by Gasteiger charge is -2.32. The van der Waals surface area contributed by atoms with Gasteiger partial charge in [0, 0.05) is 6.04 Å². The predicted molar refractivity (Wildman–Crippen MR) is 71.8 cm³/mol. The molecular formula is C14H30N2. The molecule has 0 radical (unpaired) electrons. The molecule has 0 spiro atoms. The molecule has 2 heteroatoms. The molecule has 0 aromatic heterocycles. The van der Waals surface area contributed by atoms with E-state index in [0.717, 1.165) is 11.8 Å². The standard InChI is InChI=1S/C14H30N2/c1-5-16-8-6-14(7-9-16)11-15-13(4)10-12(2)3/h12-15H,5-11H2,1-4H3. The molecule has 2 nitrogen and oxygen atoms in total. The Bertz CT molecular complexity index is 172. The molecule has 1 heterocycles. The largest absolute Gasteiger partial charge is 0.314 e. The van der Waals surface area contributed by atoms with Crippen molar-refractivity contribution in [2.75, 3.05) is 26.2 Å². The van der Waals surface area contributed by atoms with Crippen molar-refractivity contribution in [2.24, 2.45) is 11.8 Å². The maximum Gasteiger partial charge on any atom is 0.00412 e. The van der Waals surface area contributed by atoms with Gasteiger partial charge in [0.1, 0.15) is 0 Å². The Balaban J connectivity index is 2.10. The second-order valence-corrected chi connectivity index (χ2v) is 5.82. The highest BCUT2D eigenvalue weighted by atomic mass is 15.1. The molecule has 1 aliphatic rings. The normalized spacial score (nSPS) is 21.6. The van der Waals surface area contributed by atoms with Crippen molar-refractivity contribution in [3.8, 4) is 0 Å². The number of rotatable bonds is 6. The maximum atomic E-state index is 3.70. The lowest BCUT2D eigenvalue weighted by molar-refractivity contribution is 0.187. The molecule has 1 rings (SSSR count). The van der Waals surface area contributed by atoms with Crippen LogP contribution in [0.1, 0.15) is 47.0 Å². The van der Waals surface area contributed by atoms with Crippen LogP contribution in [0.5, 0.6) is 0 Å². The van der Waals surface area contributed by atoms with Gasteiger partial charge in [-0.1, -0.05) is 20.8 Å². The van der Waals surface area contributed by atoms with Crippen molar-refractivity contribution < 1.29 is 0 Å². The van der Waals surface area contributed by atoms with Crippen LogP contribution in [0.2, 0.25) is 0 Å². The van der Waals surface area contributed by atoms with Crippen LogP contribution in [0.15, 0.2) is 0 Å². The monoisotopic (exact) mass is 226 g/mol. The number of nitrogens with one attached hydrogen (secondary N) is 1. The molecular weight excluding hydrogens is 196 g/mol. The smallest absolute Gasteiger partial charge is 0.00412 e. The van der Waals surface area contributed by atoms with Crippen molar-refractivity contribution in [2.45, 2.75) is 53.0 Å². The number of hydrogen-bond acceptors (Lipinski definition) is 2. The molecule has 16 heavy (non-hydrogen) atoms. The highest BCUT2D eigenvalue weighted by molar-refractivity contribution is 4.74. The molecule has 1 fully saturated rings. The molecule has 1 saturated heterocycles. The fraction of sp³-hybridized carbons (Fsp3) is 1.00. The van der Waals surface area contributed by atoms with Crippen LogP contribution >= 0.6 is 0 Å². The molecule has 1 unspecified atom stereocenters. The molecule has 96 valence electrons. The lowest BCUT2D eigenvalue weighted by Crippen LogP contribution is -2.39. The zero-order chi connectivity index (χ0) is 12.0. The summed E-state index contributed by atoms with van der Waals surface area (Å²) in [4.78, 5) is 2.56. The van der Waals surface area contributed by atoms with Crippen LogP contribution in [-0.4, -0.2) is 37.1 Å². The van der Waals surface area contributed by atoms with Gasteiger partial charge in [-0.15, -0.1) is 0 Å². The Morgan fingerprint density at radius 1 is 1.19 bits per heavy atom. The van der Waals surface area contributed by atoms with E-state index >= 15 is 0 Å². The second kappa shape index (κ2) is 7.29. The molecule has 1 aliphatic heterocycles. The summed E-state index contributed by atoms with van der Waals surface area (Å²) in [6.45, 7) is 14.3. The second-order valence-electron chi connectivity index (χ2n) is 5.82. The average molecular weight is 226 g/mol. The van der Waals surface area contributed by atoms with Crippen LogP contribution in [0, 0.1) is 11.8 Å². The minimum Gasteiger partial charge on any atom is -0.314 e. The fourth-order valence-corrected chi connectivity index (χ4v) is 2.67. The third-order valence-electron chi connectivity index (χ3n) is 3.73. The summed E-state index contributed by atoms with van der Waals surface area (Å²) in [5.41, 5.74) is 0. The van der Waals surface area contributed by atoms with Crippen molar-refractivity contribution >= 4 is 0 Å². The van der Waals surface area contributed by atoms with Gasteiger partial charge in [0.2, 0.25) is 0 Å². The van der Waals surface area contributed by atoms with Gasteiger partial charge < -0.3 is 10.2 Å². The fourth-order valence-electron chi connectivity index (χ4n) is 2.67. The first-order chi connectivity index (χ1) is 7.61. The first-order valence-electron chi connectivity index (χ1n) is 7.07. The Morgan fingerprint density at radius 3 is 2.31 bits per heavy atom. The molecule has 0 saturated carbocycles. The molecule has 0 bridgehead atoms. The van der Waals surface area contributed by atoms with Crippen molar-refractivity contribution in [1.82, 2.24) is 10.2 Å². The molecule has 1 atom stereocenters. The third-order valence-corrected chi connectivity index (χ3v) is 3.73. The van der Waals surface area contributed by atoms with E-state index < -0.39 is 0 Å². The van der Waals surface area contributed by atoms with Gasteiger partial charge in [0.05, 0.1) is 0 Å². The van der Waals surface area contributed by atoms with Gasteiger partial charge >= 0.3 is 0 Å². The SMILES string of the molecule is CCN1CCC(CNC(C)CC(C)C)CC1. The summed E-state index contributed by atoms with van der Waals surface area (Å²) in [5, 5.41) is 3.70. The first-order valence-corrected chi connectivity index (χ1v) is 7.07. The van der Waals surface area contributed by atoms with E-state index in [9.17, 15) is 0 Å². The van der Waals surface area contributed by atoms with E-state index in [2.05, 4.69) is 37.9 Å². The third kappa shape index (κ3) is 5.31. The first kappa shape index (κ1) is 14.0. The van der Waals surface area contributed by atoms with Crippen molar-refractivity contribution in [3.05, 3.63) is 0 Å². The van der Waals surface area contributed by atoms with E-state index in [0.29, 0.717) is 6.04 Å². The van der Waals surface area contributed by atoms with Gasteiger partial charge in [-0.2, -0.15) is 0 Å². The predicted octanol–water partition coefficient (Wildman–Crippen LogP) is 2.74. The van der Waals surface area contributed by atoms with E-state index in [1.165, 1.54) is 45.4 Å². The molecule has 1 N–H and O–H groups in total. The summed E-state index contributed by atoms with van der Waals surface area (Å²) < 4.78 is 0. The summed E-state index contributed by atoms with van der Waals surface area (Å²) in [5.74, 6) is 1.72. The Kier molecular flexibility index (Phi) is 6.37. The highest BCUT2D eigenvalue weighted by Crippen LogP contribution is 2.16. The zero-order valence-corrected chi connectivity index (χ0v) is 11.6. The van der Waals surface area contributed by atoms with Crippen molar-refractivity contribution in [3.63, 3.8) is 0 Å². The van der Waals surface area contributed by atoms with Gasteiger partial charge in [0.15, 0.2) is 0 Å². The number of piperidine rings is 1. The summed E-state index contributed by atoms with van der Waals surface area (Å²) in [6, 6.07) is 0.684. The molecule has 0 aliphatic carbocycles. The summed E-state index contributed by atoms with van der Waals surface area (Å²) in [7, 11) is 0. The quantitative estimate of drug-likeness (QED) is 0.749. The van der Waals surface area contributed by atoms with E-state index in [1.807, 2.05) is 0 Å². The van der Waals surface area contributed by atoms with Gasteiger partial charge in [-0.3, -0.25) is 0 Å². The van der Waals surface area contributed by atoms with Crippen LogP contribution in [0.4, 0.5) is 0 Å². The van der Waals surface area contributed by atoms with Gasteiger partial charge in [-0.05, 0) is 64.2 Å². The highest BCUT2D eigenvalue weighted by Gasteiger charge is 2.18. The number of likely N-dealkylation sites (tertiary alicyclic amines) is 1. The van der Waals surface area contributed by atoms with Gasteiger partial charge in [0.25, 0.3) is 0 Å². The topological polar surface area (TPSA) is 15.3 Å². The van der Waals surface area contributed by atoms with Crippen molar-refractivity contribution in [1.29, 1.82) is 0 Å². The molecule has 0 aromatic carbocycles. The van der Waals surface area contributed by atoms with E-state index in [1.54, 1.807) is 0 Å². The lowest BCUT2D eigenvalue weighted by atomic mass is 9.96. The average Bonchev–Trinajstić information content (AvgIpc) is 2.26. The Labute approximate surface area is 102 Å². The van der Waals surface area contributed by atoms with Crippen LogP contribution in [-0.2, 0) is 0 Å². The minimum atomic E-state index is 0.684.